The summed E-state index contributed by atoms with van der Waals surface area (Å²) in [6, 6.07) is 10.6. The monoisotopic (exact) mass is 565 g/mol. The van der Waals surface area contributed by atoms with Crippen molar-refractivity contribution in [1.82, 2.24) is 0 Å². The fourth-order valence-corrected chi connectivity index (χ4v) is 5.20. The number of aliphatic hydroxyl groups is 2. The molecule has 220 valence electrons. The number of nitrogens with two attached hydrogens (primary N) is 2. The van der Waals surface area contributed by atoms with Crippen molar-refractivity contribution in [2.24, 2.45) is 16.5 Å². The Bertz CT molecular complexity index is 1340. The smallest absolute Gasteiger partial charge is 0.227 e. The van der Waals surface area contributed by atoms with Crippen molar-refractivity contribution in [2.75, 3.05) is 13.3 Å². The summed E-state index contributed by atoms with van der Waals surface area (Å²) < 4.78 is 5.92. The third-order valence-electron chi connectivity index (χ3n) is 7.38. The van der Waals surface area contributed by atoms with E-state index in [0.717, 1.165) is 39.3 Å². The second-order valence-electron chi connectivity index (χ2n) is 10.9. The van der Waals surface area contributed by atoms with Crippen molar-refractivity contribution in [3.8, 4) is 17.2 Å². The van der Waals surface area contributed by atoms with E-state index >= 15 is 0 Å². The maximum Gasteiger partial charge on any atom is 0.227 e. The Morgan fingerprint density at radius 2 is 1.93 bits per heavy atom. The van der Waals surface area contributed by atoms with Gasteiger partial charge in [-0.3, -0.25) is 14.7 Å². The Morgan fingerprint density at radius 3 is 2.68 bits per heavy atom. The number of rotatable bonds is 15. The van der Waals surface area contributed by atoms with Gasteiger partial charge in [-0.25, -0.2) is 0 Å². The number of phenolic OH excluding ortho intramolecular Hbond substituents is 2. The maximum atomic E-state index is 12.4. The first-order valence-corrected chi connectivity index (χ1v) is 14.1. The molecule has 41 heavy (non-hydrogen) atoms. The largest absolute Gasteiger partial charge is 0.508 e. The van der Waals surface area contributed by atoms with Gasteiger partial charge in [0, 0.05) is 25.1 Å². The molecule has 0 radical (unpaired) electrons. The second-order valence-corrected chi connectivity index (χ2v) is 10.9. The lowest BCUT2D eigenvalue weighted by molar-refractivity contribution is -0.851. The number of carbonyl (C=O) groups is 1. The molecule has 2 heterocycles. The average molecular weight is 566 g/mol. The van der Waals surface area contributed by atoms with Crippen LogP contribution in [0.4, 0.5) is 0 Å². The number of nitrogens with one attached hydrogen (secondary N) is 1. The SMILES string of the molecule is CCC[C@H](O)C[C@@H](O)CC(=O)CCc1cc(OC[NH+]2C=C3C(Cc4cccc(C(N)N)c4)=CN=C3C2)c(O)cc1O. The molecule has 1 unspecified atom stereocenters. The first-order valence-electron chi connectivity index (χ1n) is 14.1. The lowest BCUT2D eigenvalue weighted by Crippen LogP contribution is -3.07. The standard InChI is InChI=1S/C31H40N4O6/c1-2-4-23(36)12-25(38)13-24(37)8-7-20-11-30(29(40)14-28(20)39)41-18-35-16-26-22(15-34-27(26)17-35)10-19-5-3-6-21(9-19)31(32)33/h3,5-6,9,11,14-16,23,25,31,36,38-40H,2,4,7-8,10,12-13,17-18,32-33H2,1H3/p+1/t23-,25+/m0/s1. The zero-order valence-electron chi connectivity index (χ0n) is 23.4. The number of allylic oxidation sites excluding steroid dienone is 1. The van der Waals surface area contributed by atoms with E-state index in [-0.39, 0.29) is 55.4 Å². The topological polar surface area (TPSA) is 176 Å². The molecule has 4 rings (SSSR count). The van der Waals surface area contributed by atoms with E-state index in [0.29, 0.717) is 24.9 Å². The number of quaternary nitrogens is 1. The third kappa shape index (κ3) is 8.25. The molecule has 2 aromatic carbocycles. The van der Waals surface area contributed by atoms with Gasteiger partial charge in [0.25, 0.3) is 0 Å². The van der Waals surface area contributed by atoms with Crippen LogP contribution in [0.1, 0.15) is 61.9 Å². The van der Waals surface area contributed by atoms with Crippen LogP contribution >= 0.6 is 0 Å². The van der Waals surface area contributed by atoms with Gasteiger partial charge in [0.05, 0.1) is 23.9 Å². The number of benzene rings is 2. The highest BCUT2D eigenvalue weighted by Gasteiger charge is 2.30. The molecule has 2 aliphatic heterocycles. The number of fused-ring (bicyclic) bond motifs is 1. The van der Waals surface area contributed by atoms with Gasteiger partial charge in [-0.15, -0.1) is 0 Å². The molecule has 10 heteroatoms. The number of Topliss-reactive ketones (excluding diaryl/α,β-unsaturated/α-hetero) is 1. The molecule has 0 aliphatic carbocycles. The summed E-state index contributed by atoms with van der Waals surface area (Å²) in [6.07, 6.45) is 4.43. The summed E-state index contributed by atoms with van der Waals surface area (Å²) in [6.45, 7) is 2.82. The number of ketones is 1. The van der Waals surface area contributed by atoms with Gasteiger partial charge in [0.1, 0.15) is 30.0 Å². The Morgan fingerprint density at radius 1 is 1.12 bits per heavy atom. The highest BCUT2D eigenvalue weighted by Crippen LogP contribution is 2.34. The molecule has 0 bridgehead atoms. The molecular weight excluding hydrogens is 524 g/mol. The average Bonchev–Trinajstić information content (AvgIpc) is 3.49. The van der Waals surface area contributed by atoms with Crippen molar-refractivity contribution in [3.05, 3.63) is 76.6 Å². The second kappa shape index (κ2) is 13.9. The lowest BCUT2D eigenvalue weighted by atomic mass is 9.98. The maximum absolute atomic E-state index is 12.4. The van der Waals surface area contributed by atoms with Crippen molar-refractivity contribution in [1.29, 1.82) is 0 Å². The van der Waals surface area contributed by atoms with Crippen LogP contribution < -0.4 is 21.1 Å². The van der Waals surface area contributed by atoms with Gasteiger partial charge in [-0.1, -0.05) is 37.6 Å². The van der Waals surface area contributed by atoms with Gasteiger partial charge in [0.2, 0.25) is 6.73 Å². The summed E-state index contributed by atoms with van der Waals surface area (Å²) in [4.78, 5) is 18.0. The van der Waals surface area contributed by atoms with Gasteiger partial charge in [-0.05, 0) is 54.0 Å². The van der Waals surface area contributed by atoms with Crippen molar-refractivity contribution in [2.45, 2.75) is 70.2 Å². The van der Waals surface area contributed by atoms with Crippen LogP contribution in [0.5, 0.6) is 17.2 Å². The van der Waals surface area contributed by atoms with E-state index in [1.165, 1.54) is 6.07 Å². The van der Waals surface area contributed by atoms with Crippen molar-refractivity contribution in [3.63, 3.8) is 0 Å². The molecule has 9 N–H and O–H groups in total. The first kappa shape index (κ1) is 30.4. The number of phenols is 2. The minimum atomic E-state index is -0.900. The summed E-state index contributed by atoms with van der Waals surface area (Å²) in [7, 11) is 0. The predicted molar refractivity (Wildman–Crippen MR) is 155 cm³/mol. The fourth-order valence-electron chi connectivity index (χ4n) is 5.20. The predicted octanol–water partition coefficient (Wildman–Crippen LogP) is 1.52. The van der Waals surface area contributed by atoms with Crippen molar-refractivity contribution < 1.29 is 34.9 Å². The minimum Gasteiger partial charge on any atom is -0.508 e. The number of aliphatic imine (C=N–C) groups is 1. The van der Waals surface area contributed by atoms with Crippen LogP contribution in [0.3, 0.4) is 0 Å². The molecule has 0 spiro atoms. The molecule has 0 saturated heterocycles. The molecule has 3 atom stereocenters. The van der Waals surface area contributed by atoms with Crippen molar-refractivity contribution >= 4 is 11.5 Å². The zero-order valence-corrected chi connectivity index (χ0v) is 23.4. The molecule has 0 fully saturated rings. The minimum absolute atomic E-state index is 0.0533. The van der Waals surface area contributed by atoms with Gasteiger partial charge in [0.15, 0.2) is 11.5 Å². The number of aromatic hydroxyl groups is 2. The molecule has 0 amide bonds. The van der Waals surface area contributed by atoms with E-state index in [9.17, 15) is 25.2 Å². The van der Waals surface area contributed by atoms with Crippen LogP contribution in [-0.4, -0.2) is 57.4 Å². The Labute approximate surface area is 240 Å². The number of ether oxygens (including phenoxy) is 1. The van der Waals surface area contributed by atoms with Crippen LogP contribution in [0, 0.1) is 0 Å². The fraction of sp³-hybridized carbons (Fsp3) is 0.419. The quantitative estimate of drug-likeness (QED) is 0.159. The summed E-state index contributed by atoms with van der Waals surface area (Å²) in [5, 5.41) is 40.6. The molecular formula is C31H41N4O6+. The normalized spacial score (nSPS) is 17.6. The third-order valence-corrected chi connectivity index (χ3v) is 7.38. The van der Waals surface area contributed by atoms with E-state index in [2.05, 4.69) is 11.2 Å². The molecule has 0 saturated carbocycles. The van der Waals surface area contributed by atoms with E-state index in [1.807, 2.05) is 37.4 Å². The number of hydrogen-bond donors (Lipinski definition) is 7. The Hall–Kier alpha value is -3.54. The van der Waals surface area contributed by atoms with E-state index < -0.39 is 18.4 Å². The number of aliphatic hydroxyl groups excluding tert-OH is 2. The first-order chi connectivity index (χ1) is 19.6. The molecule has 2 aliphatic rings. The number of aryl methyl sites for hydroxylation is 1. The molecule has 2 aromatic rings. The highest BCUT2D eigenvalue weighted by atomic mass is 16.5. The van der Waals surface area contributed by atoms with E-state index in [1.54, 1.807) is 6.07 Å². The summed E-state index contributed by atoms with van der Waals surface area (Å²) >= 11 is 0. The molecule has 10 nitrogen and oxygen atoms in total. The van der Waals surface area contributed by atoms with Gasteiger partial charge < -0.3 is 36.6 Å². The summed E-state index contributed by atoms with van der Waals surface area (Å²) in [5.41, 5.74) is 17.2. The summed E-state index contributed by atoms with van der Waals surface area (Å²) in [5.74, 6) is -0.280. The highest BCUT2D eigenvalue weighted by molar-refractivity contribution is 6.08. The van der Waals surface area contributed by atoms with E-state index in [4.69, 9.17) is 16.2 Å². The Balaban J connectivity index is 1.31. The van der Waals surface area contributed by atoms with Gasteiger partial charge >= 0.3 is 0 Å². The number of hydrogen-bond acceptors (Lipinski definition) is 9. The number of carbonyl (C=O) groups excluding carboxylic acids is 1. The zero-order chi connectivity index (χ0) is 29.5. The molecule has 0 aromatic heterocycles. The lowest BCUT2D eigenvalue weighted by Gasteiger charge is -2.15. The van der Waals surface area contributed by atoms with Crippen LogP contribution in [0.15, 0.2) is 64.9 Å². The Kier molecular flexibility index (Phi) is 10.3. The van der Waals surface area contributed by atoms with Crippen LogP contribution in [0.2, 0.25) is 0 Å². The van der Waals surface area contributed by atoms with Crippen LogP contribution in [0.25, 0.3) is 0 Å². The van der Waals surface area contributed by atoms with Gasteiger partial charge in [-0.2, -0.15) is 0 Å². The van der Waals surface area contributed by atoms with Crippen LogP contribution in [-0.2, 0) is 17.6 Å². The number of nitrogens with zero attached hydrogens (tertiary/aromatic N) is 1.